The minimum Gasteiger partial charge on any atom is -0.483 e. The Hall–Kier alpha value is -1.79. The number of thiazole rings is 1. The number of benzene rings is 1. The zero-order chi connectivity index (χ0) is 16.2. The smallest absolute Gasteiger partial charge is 0.260 e. The van der Waals surface area contributed by atoms with Gasteiger partial charge in [0, 0.05) is 42.8 Å². The molecule has 0 atom stereocenters. The van der Waals surface area contributed by atoms with E-state index in [9.17, 15) is 4.79 Å². The number of anilines is 1. The first-order valence-electron chi connectivity index (χ1n) is 7.44. The summed E-state index contributed by atoms with van der Waals surface area (Å²) in [5, 5.41) is 3.65. The van der Waals surface area contributed by atoms with Crippen molar-refractivity contribution < 1.29 is 9.53 Å². The normalized spacial score (nSPS) is 14.9. The van der Waals surface area contributed by atoms with Crippen molar-refractivity contribution in [2.45, 2.75) is 6.92 Å². The molecule has 0 radical (unpaired) electrons. The zero-order valence-corrected chi connectivity index (χ0v) is 14.4. The van der Waals surface area contributed by atoms with Gasteiger partial charge in [0.25, 0.3) is 5.91 Å². The van der Waals surface area contributed by atoms with Crippen molar-refractivity contribution in [2.24, 2.45) is 0 Å². The van der Waals surface area contributed by atoms with E-state index < -0.39 is 0 Å². The van der Waals surface area contributed by atoms with Crippen LogP contribution in [-0.4, -0.2) is 48.6 Å². The second-order valence-electron chi connectivity index (χ2n) is 5.38. The Balaban J connectivity index is 1.50. The van der Waals surface area contributed by atoms with E-state index in [1.807, 2.05) is 23.3 Å². The second kappa shape index (κ2) is 7.19. The summed E-state index contributed by atoms with van der Waals surface area (Å²) in [7, 11) is 0. The van der Waals surface area contributed by atoms with Gasteiger partial charge in [0.2, 0.25) is 0 Å². The van der Waals surface area contributed by atoms with E-state index in [0.717, 1.165) is 23.8 Å². The highest BCUT2D eigenvalue weighted by molar-refractivity contribution is 7.13. The molecule has 23 heavy (non-hydrogen) atoms. The molecule has 0 N–H and O–H groups in total. The molecule has 1 aromatic carbocycles. The largest absolute Gasteiger partial charge is 0.483 e. The van der Waals surface area contributed by atoms with Crippen LogP contribution in [0, 0.1) is 6.92 Å². The summed E-state index contributed by atoms with van der Waals surface area (Å²) in [4.78, 5) is 20.6. The third-order valence-corrected chi connectivity index (χ3v) is 4.88. The van der Waals surface area contributed by atoms with Gasteiger partial charge in [-0.05, 0) is 30.7 Å². The van der Waals surface area contributed by atoms with Gasteiger partial charge < -0.3 is 14.5 Å². The van der Waals surface area contributed by atoms with Gasteiger partial charge in [-0.1, -0.05) is 11.6 Å². The number of piperazine rings is 1. The predicted octanol–water partition coefficient (Wildman–Crippen LogP) is 2.83. The van der Waals surface area contributed by atoms with Crippen LogP contribution in [0.1, 0.15) is 5.56 Å². The van der Waals surface area contributed by atoms with Crippen molar-refractivity contribution >= 4 is 34.0 Å². The number of aryl methyl sites for hydroxylation is 1. The highest BCUT2D eigenvalue weighted by atomic mass is 35.5. The van der Waals surface area contributed by atoms with Crippen LogP contribution < -0.4 is 9.64 Å². The van der Waals surface area contributed by atoms with Crippen LogP contribution in [0.25, 0.3) is 0 Å². The summed E-state index contributed by atoms with van der Waals surface area (Å²) >= 11 is 7.54. The second-order valence-corrected chi connectivity index (χ2v) is 6.69. The Morgan fingerprint density at radius 1 is 1.35 bits per heavy atom. The molecule has 0 aliphatic carbocycles. The van der Waals surface area contributed by atoms with Gasteiger partial charge >= 0.3 is 0 Å². The summed E-state index contributed by atoms with van der Waals surface area (Å²) in [5.41, 5.74) is 0.930. The lowest BCUT2D eigenvalue weighted by Gasteiger charge is -2.34. The fourth-order valence-corrected chi connectivity index (χ4v) is 3.45. The van der Waals surface area contributed by atoms with Gasteiger partial charge in [0.15, 0.2) is 11.7 Å². The van der Waals surface area contributed by atoms with Gasteiger partial charge in [-0.15, -0.1) is 11.3 Å². The van der Waals surface area contributed by atoms with Gasteiger partial charge in [0.1, 0.15) is 5.75 Å². The number of aromatic nitrogens is 1. The molecule has 2 aromatic rings. The Bertz CT molecular complexity index is 670. The molecule has 3 rings (SSSR count). The summed E-state index contributed by atoms with van der Waals surface area (Å²) < 4.78 is 5.63. The Morgan fingerprint density at radius 2 is 2.13 bits per heavy atom. The number of carbonyl (C=O) groups excluding carboxylic acids is 1. The Kier molecular flexibility index (Phi) is 5.03. The topological polar surface area (TPSA) is 45.7 Å². The van der Waals surface area contributed by atoms with E-state index in [1.165, 1.54) is 0 Å². The SMILES string of the molecule is Cc1cc(Cl)ccc1OCC(=O)N1CCN(c2nccs2)CC1. The van der Waals surface area contributed by atoms with Gasteiger partial charge in [-0.3, -0.25) is 4.79 Å². The average molecular weight is 352 g/mol. The fourth-order valence-electron chi connectivity index (χ4n) is 2.52. The molecule has 1 amide bonds. The molecule has 2 heterocycles. The third kappa shape index (κ3) is 3.95. The van der Waals surface area contributed by atoms with E-state index in [4.69, 9.17) is 16.3 Å². The van der Waals surface area contributed by atoms with Crippen LogP contribution in [0.2, 0.25) is 5.02 Å². The number of hydrogen-bond donors (Lipinski definition) is 0. The zero-order valence-electron chi connectivity index (χ0n) is 12.9. The van der Waals surface area contributed by atoms with E-state index in [1.54, 1.807) is 29.7 Å². The van der Waals surface area contributed by atoms with Gasteiger partial charge in [0.05, 0.1) is 0 Å². The summed E-state index contributed by atoms with van der Waals surface area (Å²) in [6.07, 6.45) is 1.81. The predicted molar refractivity (Wildman–Crippen MR) is 92.6 cm³/mol. The van der Waals surface area contributed by atoms with E-state index >= 15 is 0 Å². The third-order valence-electron chi connectivity index (χ3n) is 3.81. The molecule has 0 unspecified atom stereocenters. The molecule has 122 valence electrons. The summed E-state index contributed by atoms with van der Waals surface area (Å²) in [5.74, 6) is 0.710. The van der Waals surface area contributed by atoms with Crippen molar-refractivity contribution in [3.8, 4) is 5.75 Å². The lowest BCUT2D eigenvalue weighted by atomic mass is 10.2. The molecule has 7 heteroatoms. The van der Waals surface area contributed by atoms with Crippen LogP contribution >= 0.6 is 22.9 Å². The number of halogens is 1. The molecule has 1 fully saturated rings. The van der Waals surface area contributed by atoms with Crippen LogP contribution in [0.15, 0.2) is 29.8 Å². The fraction of sp³-hybridized carbons (Fsp3) is 0.375. The number of ether oxygens (including phenoxy) is 1. The maximum Gasteiger partial charge on any atom is 0.260 e. The number of hydrogen-bond acceptors (Lipinski definition) is 5. The quantitative estimate of drug-likeness (QED) is 0.849. The average Bonchev–Trinajstić information content (AvgIpc) is 3.08. The first kappa shape index (κ1) is 16.1. The van der Waals surface area contributed by atoms with Crippen LogP contribution in [0.3, 0.4) is 0 Å². The first-order valence-corrected chi connectivity index (χ1v) is 8.70. The van der Waals surface area contributed by atoms with Crippen molar-refractivity contribution in [1.29, 1.82) is 0 Å². The molecule has 0 spiro atoms. The van der Waals surface area contributed by atoms with E-state index in [-0.39, 0.29) is 12.5 Å². The van der Waals surface area contributed by atoms with Crippen LogP contribution in [-0.2, 0) is 4.79 Å². The minimum absolute atomic E-state index is 0.0122. The standard InChI is InChI=1S/C16H18ClN3O2S/c1-12-10-13(17)2-3-14(12)22-11-15(21)19-5-7-20(8-6-19)16-18-4-9-23-16/h2-4,9-10H,5-8,11H2,1H3. The highest BCUT2D eigenvalue weighted by Gasteiger charge is 2.22. The number of nitrogens with zero attached hydrogens (tertiary/aromatic N) is 3. The van der Waals surface area contributed by atoms with Crippen LogP contribution in [0.5, 0.6) is 5.75 Å². The molecule has 1 aromatic heterocycles. The van der Waals surface area contributed by atoms with Crippen molar-refractivity contribution in [3.63, 3.8) is 0 Å². The number of carbonyl (C=O) groups is 1. The first-order chi connectivity index (χ1) is 11.1. The Morgan fingerprint density at radius 3 is 2.78 bits per heavy atom. The Labute approximate surface area is 144 Å². The highest BCUT2D eigenvalue weighted by Crippen LogP contribution is 2.22. The summed E-state index contributed by atoms with van der Waals surface area (Å²) in [6.45, 7) is 4.97. The maximum absolute atomic E-state index is 12.3. The van der Waals surface area contributed by atoms with E-state index in [0.29, 0.717) is 23.9 Å². The molecule has 1 aliphatic rings. The monoisotopic (exact) mass is 351 g/mol. The minimum atomic E-state index is 0.0122. The number of amides is 1. The molecule has 1 saturated heterocycles. The molecule has 5 nitrogen and oxygen atoms in total. The molecular formula is C16H18ClN3O2S. The molecule has 0 saturated carbocycles. The van der Waals surface area contributed by atoms with Gasteiger partial charge in [-0.25, -0.2) is 4.98 Å². The molecular weight excluding hydrogens is 334 g/mol. The van der Waals surface area contributed by atoms with Gasteiger partial charge in [-0.2, -0.15) is 0 Å². The van der Waals surface area contributed by atoms with Crippen molar-refractivity contribution in [2.75, 3.05) is 37.7 Å². The van der Waals surface area contributed by atoms with Crippen molar-refractivity contribution in [3.05, 3.63) is 40.4 Å². The van der Waals surface area contributed by atoms with E-state index in [2.05, 4.69) is 9.88 Å². The lowest BCUT2D eigenvalue weighted by molar-refractivity contribution is -0.133. The molecule has 0 bridgehead atoms. The molecule has 1 aliphatic heterocycles. The lowest BCUT2D eigenvalue weighted by Crippen LogP contribution is -2.50. The van der Waals surface area contributed by atoms with Crippen LogP contribution in [0.4, 0.5) is 5.13 Å². The number of rotatable bonds is 4. The van der Waals surface area contributed by atoms with Crippen molar-refractivity contribution in [1.82, 2.24) is 9.88 Å². The summed E-state index contributed by atoms with van der Waals surface area (Å²) in [6, 6.07) is 5.39. The maximum atomic E-state index is 12.3.